The first-order valence-corrected chi connectivity index (χ1v) is 5.15. The molecule has 0 radical (unpaired) electrons. The molecule has 0 unspecified atom stereocenters. The summed E-state index contributed by atoms with van der Waals surface area (Å²) in [5.74, 6) is 0.437. The number of rotatable bonds is 4. The molecule has 0 aliphatic carbocycles. The molecule has 0 aliphatic heterocycles. The molecule has 14 heavy (non-hydrogen) atoms. The second-order valence-electron chi connectivity index (χ2n) is 3.83. The minimum absolute atomic E-state index is 0.188. The summed E-state index contributed by atoms with van der Waals surface area (Å²) in [6, 6.07) is 6.92. The number of hydrogen-bond donors (Lipinski definition) is 1. The first-order chi connectivity index (χ1) is 6.63. The van der Waals surface area contributed by atoms with Gasteiger partial charge in [0.2, 0.25) is 0 Å². The van der Waals surface area contributed by atoms with Crippen molar-refractivity contribution in [2.75, 3.05) is 5.32 Å². The molecular weight excluding hydrogens is 177 g/mol. The topological polar surface area (TPSA) is 12.0 Å². The van der Waals surface area contributed by atoms with Gasteiger partial charge in [0.05, 0.1) is 0 Å². The third-order valence-corrected chi connectivity index (χ3v) is 2.74. The van der Waals surface area contributed by atoms with E-state index in [4.69, 9.17) is 0 Å². The number of nitrogens with one attached hydrogen (secondary N) is 1. The summed E-state index contributed by atoms with van der Waals surface area (Å²) in [6.45, 7) is 6.53. The molecule has 0 spiro atoms. The molecule has 0 amide bonds. The molecular formula is C12H18FN. The SMILES string of the molecule is CC[C@@H](C)[C@H](C)Nc1ccc(F)cc1. The fraction of sp³-hybridized carbons (Fsp3) is 0.500. The zero-order valence-electron chi connectivity index (χ0n) is 9.05. The Morgan fingerprint density at radius 3 is 2.29 bits per heavy atom. The Hall–Kier alpha value is -1.05. The molecule has 0 heterocycles. The summed E-state index contributed by atoms with van der Waals surface area (Å²) in [6.07, 6.45) is 1.15. The highest BCUT2D eigenvalue weighted by atomic mass is 19.1. The van der Waals surface area contributed by atoms with Gasteiger partial charge in [-0.3, -0.25) is 0 Å². The lowest BCUT2D eigenvalue weighted by Gasteiger charge is -2.20. The molecule has 0 saturated heterocycles. The van der Waals surface area contributed by atoms with Gasteiger partial charge in [-0.05, 0) is 37.1 Å². The summed E-state index contributed by atoms with van der Waals surface area (Å²) in [5.41, 5.74) is 0.985. The Morgan fingerprint density at radius 1 is 1.21 bits per heavy atom. The van der Waals surface area contributed by atoms with Crippen molar-refractivity contribution < 1.29 is 4.39 Å². The van der Waals surface area contributed by atoms with E-state index >= 15 is 0 Å². The molecule has 1 N–H and O–H groups in total. The molecule has 1 aromatic carbocycles. The number of benzene rings is 1. The van der Waals surface area contributed by atoms with Crippen LogP contribution in [0.15, 0.2) is 24.3 Å². The van der Waals surface area contributed by atoms with Crippen LogP contribution in [-0.2, 0) is 0 Å². The zero-order chi connectivity index (χ0) is 10.6. The summed E-state index contributed by atoms with van der Waals surface area (Å²) < 4.78 is 12.6. The van der Waals surface area contributed by atoms with Crippen molar-refractivity contribution in [3.8, 4) is 0 Å². The predicted octanol–water partition coefficient (Wildman–Crippen LogP) is 3.67. The molecule has 78 valence electrons. The molecule has 1 rings (SSSR count). The smallest absolute Gasteiger partial charge is 0.123 e. The van der Waals surface area contributed by atoms with E-state index in [0.29, 0.717) is 12.0 Å². The fourth-order valence-corrected chi connectivity index (χ4v) is 1.30. The molecule has 0 bridgehead atoms. The van der Waals surface area contributed by atoms with Crippen LogP contribution in [0.1, 0.15) is 27.2 Å². The van der Waals surface area contributed by atoms with Crippen LogP contribution in [-0.4, -0.2) is 6.04 Å². The summed E-state index contributed by atoms with van der Waals surface area (Å²) in [4.78, 5) is 0. The van der Waals surface area contributed by atoms with Crippen LogP contribution in [0.25, 0.3) is 0 Å². The van der Waals surface area contributed by atoms with E-state index in [-0.39, 0.29) is 5.82 Å². The Labute approximate surface area is 85.3 Å². The maximum atomic E-state index is 12.6. The van der Waals surface area contributed by atoms with E-state index in [1.54, 1.807) is 12.1 Å². The summed E-state index contributed by atoms with van der Waals surface area (Å²) >= 11 is 0. The number of hydrogen-bond acceptors (Lipinski definition) is 1. The van der Waals surface area contributed by atoms with Crippen LogP contribution in [0.5, 0.6) is 0 Å². The molecule has 1 nitrogen and oxygen atoms in total. The highest BCUT2D eigenvalue weighted by Crippen LogP contribution is 2.15. The lowest BCUT2D eigenvalue weighted by Crippen LogP contribution is -2.23. The first kappa shape index (κ1) is 11.0. The maximum Gasteiger partial charge on any atom is 0.123 e. The van der Waals surface area contributed by atoms with E-state index in [9.17, 15) is 4.39 Å². The van der Waals surface area contributed by atoms with E-state index in [1.165, 1.54) is 12.1 Å². The Kier molecular flexibility index (Phi) is 3.93. The third kappa shape index (κ3) is 3.02. The largest absolute Gasteiger partial charge is 0.382 e. The van der Waals surface area contributed by atoms with Gasteiger partial charge in [0, 0.05) is 11.7 Å². The highest BCUT2D eigenvalue weighted by Gasteiger charge is 2.09. The quantitative estimate of drug-likeness (QED) is 0.773. The monoisotopic (exact) mass is 195 g/mol. The Balaban J connectivity index is 2.56. The second kappa shape index (κ2) is 4.99. The van der Waals surface area contributed by atoms with Crippen molar-refractivity contribution in [3.63, 3.8) is 0 Å². The minimum atomic E-state index is -0.188. The van der Waals surface area contributed by atoms with E-state index in [0.717, 1.165) is 12.1 Å². The van der Waals surface area contributed by atoms with Gasteiger partial charge in [-0.2, -0.15) is 0 Å². The Morgan fingerprint density at radius 2 is 1.79 bits per heavy atom. The van der Waals surface area contributed by atoms with Gasteiger partial charge in [0.25, 0.3) is 0 Å². The van der Waals surface area contributed by atoms with Crippen LogP contribution in [0, 0.1) is 11.7 Å². The van der Waals surface area contributed by atoms with Gasteiger partial charge in [0.1, 0.15) is 5.82 Å². The third-order valence-electron chi connectivity index (χ3n) is 2.74. The summed E-state index contributed by atoms with van der Waals surface area (Å²) in [5, 5.41) is 3.35. The second-order valence-corrected chi connectivity index (χ2v) is 3.83. The maximum absolute atomic E-state index is 12.6. The van der Waals surface area contributed by atoms with E-state index in [1.807, 2.05) is 0 Å². The van der Waals surface area contributed by atoms with Crippen molar-refractivity contribution in [2.45, 2.75) is 33.2 Å². The lowest BCUT2D eigenvalue weighted by molar-refractivity contribution is 0.494. The molecule has 0 aliphatic rings. The van der Waals surface area contributed by atoms with Crippen LogP contribution in [0.3, 0.4) is 0 Å². The van der Waals surface area contributed by atoms with Crippen molar-refractivity contribution in [1.29, 1.82) is 0 Å². The van der Waals surface area contributed by atoms with Gasteiger partial charge in [-0.1, -0.05) is 20.3 Å². The van der Waals surface area contributed by atoms with Gasteiger partial charge in [0.15, 0.2) is 0 Å². The molecule has 1 aromatic rings. The highest BCUT2D eigenvalue weighted by molar-refractivity contribution is 5.43. The molecule has 0 saturated carbocycles. The van der Waals surface area contributed by atoms with Crippen molar-refractivity contribution in [1.82, 2.24) is 0 Å². The van der Waals surface area contributed by atoms with E-state index in [2.05, 4.69) is 26.1 Å². The lowest BCUT2D eigenvalue weighted by atomic mass is 10.0. The summed E-state index contributed by atoms with van der Waals surface area (Å²) in [7, 11) is 0. The molecule has 2 atom stereocenters. The molecule has 2 heteroatoms. The van der Waals surface area contributed by atoms with Crippen molar-refractivity contribution in [3.05, 3.63) is 30.1 Å². The molecule has 0 aromatic heterocycles. The number of halogens is 1. The normalized spacial score (nSPS) is 14.9. The minimum Gasteiger partial charge on any atom is -0.382 e. The number of anilines is 1. The van der Waals surface area contributed by atoms with Crippen molar-refractivity contribution >= 4 is 5.69 Å². The van der Waals surface area contributed by atoms with Gasteiger partial charge in [-0.15, -0.1) is 0 Å². The van der Waals surface area contributed by atoms with Crippen LogP contribution < -0.4 is 5.32 Å². The van der Waals surface area contributed by atoms with Crippen LogP contribution in [0.4, 0.5) is 10.1 Å². The first-order valence-electron chi connectivity index (χ1n) is 5.15. The van der Waals surface area contributed by atoms with Gasteiger partial charge < -0.3 is 5.32 Å². The van der Waals surface area contributed by atoms with Gasteiger partial charge in [-0.25, -0.2) is 4.39 Å². The van der Waals surface area contributed by atoms with Crippen LogP contribution >= 0.6 is 0 Å². The van der Waals surface area contributed by atoms with Crippen LogP contribution in [0.2, 0.25) is 0 Å². The average Bonchev–Trinajstić information content (AvgIpc) is 2.20. The molecule has 0 fully saturated rings. The Bertz CT molecular complexity index is 268. The van der Waals surface area contributed by atoms with Crippen molar-refractivity contribution in [2.24, 2.45) is 5.92 Å². The standard InChI is InChI=1S/C12H18FN/c1-4-9(2)10(3)14-12-7-5-11(13)6-8-12/h5-10,14H,4H2,1-3H3/t9-,10+/m1/s1. The van der Waals surface area contributed by atoms with Gasteiger partial charge >= 0.3 is 0 Å². The van der Waals surface area contributed by atoms with E-state index < -0.39 is 0 Å². The average molecular weight is 195 g/mol. The zero-order valence-corrected chi connectivity index (χ0v) is 9.05. The predicted molar refractivity (Wildman–Crippen MR) is 58.9 cm³/mol. The fourth-order valence-electron chi connectivity index (χ4n) is 1.30.